The van der Waals surface area contributed by atoms with Crippen molar-refractivity contribution in [2.45, 2.75) is 11.8 Å². The summed E-state index contributed by atoms with van der Waals surface area (Å²) in [4.78, 5) is 21.4. The summed E-state index contributed by atoms with van der Waals surface area (Å²) in [5.74, 6) is -2.64. The molecule has 0 unspecified atom stereocenters. The average Bonchev–Trinajstić information content (AvgIpc) is 2.25. The minimum Gasteiger partial charge on any atom is -0.545 e. The molecule has 0 atom stereocenters. The van der Waals surface area contributed by atoms with Crippen LogP contribution in [-0.2, 0) is 14.9 Å². The zero-order valence-electron chi connectivity index (χ0n) is 10.5. The molecule has 1 aromatic rings. The molecule has 9 heteroatoms. The monoisotopic (exact) mass is 296 g/mol. The number of hydrogen-bond acceptors (Lipinski definition) is 6. The van der Waals surface area contributed by atoms with E-state index in [2.05, 4.69) is 4.74 Å². The number of carboxylic acids is 1. The maximum Gasteiger partial charge on any atom is 1.00 e. The maximum atomic E-state index is 11.3. The van der Waals surface area contributed by atoms with Gasteiger partial charge in [-0.15, -0.1) is 0 Å². The van der Waals surface area contributed by atoms with Gasteiger partial charge < -0.3 is 14.6 Å². The molecule has 0 aliphatic heterocycles. The van der Waals surface area contributed by atoms with Crippen molar-refractivity contribution in [3.8, 4) is 0 Å². The van der Waals surface area contributed by atoms with E-state index in [-0.39, 0.29) is 40.7 Å². The van der Waals surface area contributed by atoms with Gasteiger partial charge in [0.15, 0.2) is 0 Å². The summed E-state index contributed by atoms with van der Waals surface area (Å²) in [5, 5.41) is 10.9. The van der Waals surface area contributed by atoms with Crippen molar-refractivity contribution >= 4 is 22.1 Å². The quantitative estimate of drug-likeness (QED) is 0.347. The third kappa shape index (κ3) is 3.77. The predicted molar refractivity (Wildman–Crippen MR) is 56.7 cm³/mol. The largest absolute Gasteiger partial charge is 1.00 e. The SMILES string of the molecule is COC(=O)c1ccc(S(=O)(=O)O)c(C(=O)[O-])c1C.[Na+]. The van der Waals surface area contributed by atoms with Crippen molar-refractivity contribution < 1.29 is 62.0 Å². The Bertz CT molecular complexity index is 621. The van der Waals surface area contributed by atoms with Crippen molar-refractivity contribution in [1.82, 2.24) is 0 Å². The van der Waals surface area contributed by atoms with Crippen molar-refractivity contribution in [3.63, 3.8) is 0 Å². The summed E-state index contributed by atoms with van der Waals surface area (Å²) in [6.45, 7) is 1.21. The molecule has 0 aliphatic rings. The summed E-state index contributed by atoms with van der Waals surface area (Å²) in [7, 11) is -3.63. The zero-order valence-corrected chi connectivity index (χ0v) is 13.3. The Morgan fingerprint density at radius 3 is 2.21 bits per heavy atom. The van der Waals surface area contributed by atoms with Gasteiger partial charge in [0, 0.05) is 5.56 Å². The summed E-state index contributed by atoms with van der Waals surface area (Å²) in [6, 6.07) is 1.86. The Balaban J connectivity index is 0.00000324. The van der Waals surface area contributed by atoms with Gasteiger partial charge in [-0.05, 0) is 24.6 Å². The van der Waals surface area contributed by atoms with Gasteiger partial charge in [0.25, 0.3) is 10.1 Å². The van der Waals surface area contributed by atoms with Gasteiger partial charge in [-0.25, -0.2) is 4.79 Å². The molecule has 0 radical (unpaired) electrons. The fourth-order valence-corrected chi connectivity index (χ4v) is 2.22. The van der Waals surface area contributed by atoms with Gasteiger partial charge in [0.1, 0.15) is 4.90 Å². The topological polar surface area (TPSA) is 121 Å². The fourth-order valence-electron chi connectivity index (χ4n) is 1.49. The fraction of sp³-hybridized carbons (Fsp3) is 0.200. The van der Waals surface area contributed by atoms with E-state index in [9.17, 15) is 23.1 Å². The minimum absolute atomic E-state index is 0. The van der Waals surface area contributed by atoms with E-state index in [0.29, 0.717) is 0 Å². The molecule has 0 bridgehead atoms. The van der Waals surface area contributed by atoms with Gasteiger partial charge in [0.05, 0.1) is 18.6 Å². The first-order valence-corrected chi connectivity index (χ1v) is 6.05. The van der Waals surface area contributed by atoms with Crippen molar-refractivity contribution in [3.05, 3.63) is 28.8 Å². The van der Waals surface area contributed by atoms with Gasteiger partial charge in [-0.2, -0.15) is 8.42 Å². The number of benzene rings is 1. The van der Waals surface area contributed by atoms with Crippen LogP contribution in [0.25, 0.3) is 0 Å². The Labute approximate surface area is 131 Å². The van der Waals surface area contributed by atoms with Crippen LogP contribution in [-0.4, -0.2) is 32.0 Å². The van der Waals surface area contributed by atoms with Crippen LogP contribution in [0.5, 0.6) is 0 Å². The summed E-state index contributed by atoms with van der Waals surface area (Å²) >= 11 is 0. The Morgan fingerprint density at radius 1 is 1.32 bits per heavy atom. The molecule has 19 heavy (non-hydrogen) atoms. The smallest absolute Gasteiger partial charge is 0.545 e. The predicted octanol–water partition coefficient (Wildman–Crippen LogP) is -3.60. The first kappa shape index (κ1) is 18.1. The van der Waals surface area contributed by atoms with Crippen molar-refractivity contribution in [1.29, 1.82) is 0 Å². The zero-order chi connectivity index (χ0) is 14.1. The van der Waals surface area contributed by atoms with Gasteiger partial charge in [-0.3, -0.25) is 4.55 Å². The van der Waals surface area contributed by atoms with E-state index in [1.54, 1.807) is 0 Å². The van der Waals surface area contributed by atoms with Crippen LogP contribution in [0, 0.1) is 6.92 Å². The molecule has 0 aromatic heterocycles. The van der Waals surface area contributed by atoms with E-state index in [4.69, 9.17) is 4.55 Å². The number of carbonyl (C=O) groups is 2. The first-order valence-electron chi connectivity index (χ1n) is 4.61. The molecule has 98 valence electrons. The average molecular weight is 296 g/mol. The van der Waals surface area contributed by atoms with E-state index in [1.165, 1.54) is 6.92 Å². The molecule has 0 fully saturated rings. The standard InChI is InChI=1S/C10H10O7S.Na/c1-5-6(10(13)17-2)3-4-7(18(14,15)16)8(5)9(11)12;/h3-4H,1-2H3,(H,11,12)(H,14,15,16);/q;+1/p-1. The molecule has 1 rings (SSSR count). The Morgan fingerprint density at radius 2 is 1.84 bits per heavy atom. The molecular weight excluding hydrogens is 287 g/mol. The number of hydrogen-bond donors (Lipinski definition) is 1. The van der Waals surface area contributed by atoms with Crippen LogP contribution in [0.1, 0.15) is 26.3 Å². The second-order valence-corrected chi connectivity index (χ2v) is 4.76. The normalized spacial score (nSPS) is 10.5. The molecular formula is C10H9NaO7S. The van der Waals surface area contributed by atoms with Gasteiger partial charge in [0.2, 0.25) is 0 Å². The minimum atomic E-state index is -4.72. The number of ether oxygens (including phenoxy) is 1. The number of aromatic carboxylic acids is 1. The number of methoxy groups -OCH3 is 1. The van der Waals surface area contributed by atoms with Crippen LogP contribution in [0.4, 0.5) is 0 Å². The van der Waals surface area contributed by atoms with Gasteiger partial charge in [-0.1, -0.05) is 0 Å². The van der Waals surface area contributed by atoms with Crippen molar-refractivity contribution in [2.75, 3.05) is 7.11 Å². The van der Waals surface area contributed by atoms with E-state index >= 15 is 0 Å². The second kappa shape index (κ2) is 6.49. The van der Waals surface area contributed by atoms with E-state index in [1.807, 2.05) is 0 Å². The molecule has 7 nitrogen and oxygen atoms in total. The number of esters is 1. The molecule has 0 saturated heterocycles. The third-order valence-corrected chi connectivity index (χ3v) is 3.21. The molecule has 0 aliphatic carbocycles. The summed E-state index contributed by atoms with van der Waals surface area (Å²) < 4.78 is 35.3. The maximum absolute atomic E-state index is 11.3. The number of carbonyl (C=O) groups excluding carboxylic acids is 2. The number of rotatable bonds is 3. The van der Waals surface area contributed by atoms with Crippen LogP contribution in [0.2, 0.25) is 0 Å². The molecule has 1 aromatic carbocycles. The number of carboxylic acid groups (broad SMARTS) is 1. The Hall–Kier alpha value is -0.930. The van der Waals surface area contributed by atoms with Crippen LogP contribution >= 0.6 is 0 Å². The third-order valence-electron chi connectivity index (χ3n) is 2.31. The summed E-state index contributed by atoms with van der Waals surface area (Å²) in [5.41, 5.74) is -1.04. The van der Waals surface area contributed by atoms with Gasteiger partial charge >= 0.3 is 35.5 Å². The summed E-state index contributed by atoms with van der Waals surface area (Å²) in [6.07, 6.45) is 0. The molecule has 0 heterocycles. The molecule has 0 saturated carbocycles. The first-order chi connectivity index (χ1) is 8.20. The van der Waals surface area contributed by atoms with Crippen LogP contribution < -0.4 is 34.7 Å². The molecule has 0 amide bonds. The second-order valence-electron chi connectivity index (χ2n) is 3.37. The molecule has 1 N–H and O–H groups in total. The van der Waals surface area contributed by atoms with Crippen LogP contribution in [0.3, 0.4) is 0 Å². The van der Waals surface area contributed by atoms with E-state index < -0.39 is 32.5 Å². The van der Waals surface area contributed by atoms with Crippen LogP contribution in [0.15, 0.2) is 17.0 Å². The van der Waals surface area contributed by atoms with E-state index in [0.717, 1.165) is 19.2 Å². The van der Waals surface area contributed by atoms with Crippen molar-refractivity contribution in [2.24, 2.45) is 0 Å². The molecule has 0 spiro atoms. The Kier molecular flexibility index (Phi) is 6.17.